The van der Waals surface area contributed by atoms with E-state index in [1.165, 1.54) is 6.20 Å². The zero-order chi connectivity index (χ0) is 17.9. The molecule has 1 aromatic heterocycles. The van der Waals surface area contributed by atoms with Gasteiger partial charge in [-0.2, -0.15) is 0 Å². The number of carbonyl (C=O) groups is 1. The first-order chi connectivity index (χ1) is 11.4. The summed E-state index contributed by atoms with van der Waals surface area (Å²) in [4.78, 5) is 57.2. The molecule has 1 fully saturated rings. The summed E-state index contributed by atoms with van der Waals surface area (Å²) in [6, 6.07) is -0.970. The molecule has 0 unspecified atom stereocenters. The van der Waals surface area contributed by atoms with Crippen molar-refractivity contribution < 1.29 is 24.1 Å². The Kier molecular flexibility index (Phi) is 5.71. The fourth-order valence-corrected chi connectivity index (χ4v) is 2.41. The molecule has 0 bridgehead atoms. The molecule has 1 aromatic rings. The Morgan fingerprint density at radius 3 is 2.92 bits per heavy atom. The van der Waals surface area contributed by atoms with Crippen molar-refractivity contribution in [1.29, 1.82) is 0 Å². The lowest BCUT2D eigenvalue weighted by atomic mass is 10.2. The van der Waals surface area contributed by atoms with Crippen LogP contribution in [0.5, 0.6) is 0 Å². The first-order valence-electron chi connectivity index (χ1n) is 6.79. The molecule has 0 amide bonds. The monoisotopic (exact) mass is 359 g/mol. The average Bonchev–Trinajstić information content (AvgIpc) is 2.90. The maximum absolute atomic E-state index is 11.9. The zero-order valence-electron chi connectivity index (χ0n) is 12.4. The van der Waals surface area contributed by atoms with E-state index in [2.05, 4.69) is 15.0 Å². The van der Waals surface area contributed by atoms with Crippen LogP contribution >= 0.6 is 8.38 Å². The normalized spacial score (nSPS) is 23.1. The fraction of sp³-hybridized carbons (Fsp3) is 0.545. The van der Waals surface area contributed by atoms with Gasteiger partial charge < -0.3 is 19.3 Å². The van der Waals surface area contributed by atoms with Crippen LogP contribution < -0.4 is 11.2 Å². The molecule has 3 N–H and O–H groups in total. The molecule has 1 aliphatic heterocycles. The molecule has 2 rings (SSSR count). The van der Waals surface area contributed by atoms with E-state index in [9.17, 15) is 14.4 Å². The standard InChI is InChI=1S/C11H14N5O7P/c1-2-5-4-16(10(18)13-8(5)17)7-3-6(14-15-12)9(22-7)23-11(19)24(20)21/h4,6-7,9,20-21H,2-3H2,1H3,(H,13,17,18)/t6-,7+,9+/m0/s1. The van der Waals surface area contributed by atoms with E-state index in [1.54, 1.807) is 6.92 Å². The van der Waals surface area contributed by atoms with Gasteiger partial charge in [0, 0.05) is 23.1 Å². The van der Waals surface area contributed by atoms with Gasteiger partial charge in [-0.05, 0) is 12.0 Å². The number of rotatable bonds is 5. The number of aryl methyl sites for hydroxylation is 1. The highest BCUT2D eigenvalue weighted by Gasteiger charge is 2.40. The van der Waals surface area contributed by atoms with E-state index < -0.39 is 43.9 Å². The third-order valence-corrected chi connectivity index (χ3v) is 3.79. The maximum Gasteiger partial charge on any atom is 0.385 e. The fourth-order valence-electron chi connectivity index (χ4n) is 2.21. The van der Waals surface area contributed by atoms with Gasteiger partial charge in [0.25, 0.3) is 13.9 Å². The summed E-state index contributed by atoms with van der Waals surface area (Å²) < 4.78 is 11.2. The predicted molar refractivity (Wildman–Crippen MR) is 80.0 cm³/mol. The molecule has 2 heterocycles. The summed E-state index contributed by atoms with van der Waals surface area (Å²) in [5.41, 5.74) is 6.34. The largest absolute Gasteiger partial charge is 0.429 e. The van der Waals surface area contributed by atoms with Crippen molar-refractivity contribution in [3.05, 3.63) is 43.0 Å². The lowest BCUT2D eigenvalue weighted by Gasteiger charge is -2.17. The second-order valence-corrected chi connectivity index (χ2v) is 5.76. The molecule has 1 aliphatic rings. The number of azide groups is 1. The quantitative estimate of drug-likeness (QED) is 0.295. The number of aromatic nitrogens is 2. The Labute approximate surface area is 135 Å². The Hall–Kier alpha value is -2.23. The molecule has 3 atom stereocenters. The van der Waals surface area contributed by atoms with Crippen molar-refractivity contribution in [2.45, 2.75) is 38.3 Å². The summed E-state index contributed by atoms with van der Waals surface area (Å²) >= 11 is 0. The highest BCUT2D eigenvalue weighted by atomic mass is 31.2. The molecule has 24 heavy (non-hydrogen) atoms. The first-order valence-corrected chi connectivity index (χ1v) is 8.04. The highest BCUT2D eigenvalue weighted by molar-refractivity contribution is 7.63. The number of hydrogen-bond acceptors (Lipinski definition) is 8. The van der Waals surface area contributed by atoms with Crippen LogP contribution in [0.2, 0.25) is 0 Å². The molecule has 1 saturated heterocycles. The lowest BCUT2D eigenvalue weighted by Crippen LogP contribution is -2.34. The summed E-state index contributed by atoms with van der Waals surface area (Å²) in [5, 5.41) is 3.42. The topological polar surface area (TPSA) is 180 Å². The minimum atomic E-state index is -2.98. The van der Waals surface area contributed by atoms with Crippen molar-refractivity contribution in [3.63, 3.8) is 0 Å². The zero-order valence-corrected chi connectivity index (χ0v) is 13.3. The number of hydrogen-bond donors (Lipinski definition) is 3. The SMILES string of the molecule is CCc1cn([C@H]2C[C@H](N=[N+]=[N-])[C@@H](OC(=O)P(O)O)O2)c(=O)[nH]c1=O. The molecule has 0 spiro atoms. The van der Waals surface area contributed by atoms with Gasteiger partial charge in [-0.25, -0.2) is 9.59 Å². The summed E-state index contributed by atoms with van der Waals surface area (Å²) in [7, 11) is -2.98. The van der Waals surface area contributed by atoms with Gasteiger partial charge in [-0.1, -0.05) is 12.0 Å². The Bertz CT molecular complexity index is 784. The third kappa shape index (κ3) is 3.81. The van der Waals surface area contributed by atoms with E-state index >= 15 is 0 Å². The van der Waals surface area contributed by atoms with Crippen LogP contribution in [0.15, 0.2) is 20.9 Å². The molecule has 13 heteroatoms. The van der Waals surface area contributed by atoms with E-state index in [1.807, 2.05) is 0 Å². The maximum atomic E-state index is 11.9. The average molecular weight is 359 g/mol. The summed E-state index contributed by atoms with van der Waals surface area (Å²) in [6.07, 6.45) is -0.664. The smallest absolute Gasteiger partial charge is 0.385 e. The molecular formula is C11H14N5O7P. The molecular weight excluding hydrogens is 345 g/mol. The van der Waals surface area contributed by atoms with E-state index in [-0.39, 0.29) is 6.42 Å². The van der Waals surface area contributed by atoms with Crippen molar-refractivity contribution in [2.75, 3.05) is 0 Å². The highest BCUT2D eigenvalue weighted by Crippen LogP contribution is 2.34. The van der Waals surface area contributed by atoms with Gasteiger partial charge in [-0.15, -0.1) is 0 Å². The van der Waals surface area contributed by atoms with Crippen molar-refractivity contribution in [2.24, 2.45) is 5.11 Å². The van der Waals surface area contributed by atoms with Gasteiger partial charge in [0.1, 0.15) is 12.3 Å². The third-order valence-electron chi connectivity index (χ3n) is 3.36. The molecule has 0 aromatic carbocycles. The number of carbonyl (C=O) groups excluding carboxylic acids is 1. The first kappa shape index (κ1) is 18.1. The van der Waals surface area contributed by atoms with Gasteiger partial charge in [-0.3, -0.25) is 14.3 Å². The van der Waals surface area contributed by atoms with Crippen LogP contribution in [0.3, 0.4) is 0 Å². The molecule has 130 valence electrons. The van der Waals surface area contributed by atoms with Crippen molar-refractivity contribution >= 4 is 14.1 Å². The van der Waals surface area contributed by atoms with Gasteiger partial charge >= 0.3 is 11.4 Å². The number of ether oxygens (including phenoxy) is 2. The summed E-state index contributed by atoms with van der Waals surface area (Å²) in [6.45, 7) is 1.73. The molecule has 0 saturated carbocycles. The van der Waals surface area contributed by atoms with Gasteiger partial charge in [0.2, 0.25) is 6.29 Å². The number of nitrogens with zero attached hydrogens (tertiary/aromatic N) is 4. The van der Waals surface area contributed by atoms with E-state index in [0.717, 1.165) is 4.57 Å². The molecule has 12 nitrogen and oxygen atoms in total. The number of aromatic amines is 1. The minimum Gasteiger partial charge on any atom is -0.429 e. The van der Waals surface area contributed by atoms with Gasteiger partial charge in [0.05, 0.1) is 0 Å². The van der Waals surface area contributed by atoms with E-state index in [4.69, 9.17) is 24.8 Å². The summed E-state index contributed by atoms with van der Waals surface area (Å²) in [5.74, 6) is 0. The van der Waals surface area contributed by atoms with Crippen LogP contribution in [0, 0.1) is 0 Å². The van der Waals surface area contributed by atoms with Crippen LogP contribution in [-0.4, -0.2) is 37.4 Å². The molecule has 0 radical (unpaired) electrons. The lowest BCUT2D eigenvalue weighted by molar-refractivity contribution is -0.116. The molecule has 0 aliphatic carbocycles. The van der Waals surface area contributed by atoms with Crippen molar-refractivity contribution in [1.82, 2.24) is 9.55 Å². The van der Waals surface area contributed by atoms with Crippen LogP contribution in [-0.2, 0) is 15.9 Å². The Morgan fingerprint density at radius 2 is 2.33 bits per heavy atom. The number of nitrogens with one attached hydrogen (secondary N) is 1. The predicted octanol–water partition coefficient (Wildman–Crippen LogP) is 0.456. The van der Waals surface area contributed by atoms with Crippen LogP contribution in [0.4, 0.5) is 4.79 Å². The Morgan fingerprint density at radius 1 is 1.62 bits per heavy atom. The van der Waals surface area contributed by atoms with E-state index in [0.29, 0.717) is 12.0 Å². The van der Waals surface area contributed by atoms with Crippen LogP contribution in [0.1, 0.15) is 25.1 Å². The van der Waals surface area contributed by atoms with Crippen LogP contribution in [0.25, 0.3) is 10.4 Å². The second kappa shape index (κ2) is 7.56. The second-order valence-electron chi connectivity index (χ2n) is 4.81. The van der Waals surface area contributed by atoms with Gasteiger partial charge in [0.15, 0.2) is 0 Å². The number of H-pyrrole nitrogens is 1. The Balaban J connectivity index is 2.30. The minimum absolute atomic E-state index is 0.00804. The van der Waals surface area contributed by atoms with Crippen molar-refractivity contribution in [3.8, 4) is 0 Å².